The molecule has 7 heteroatoms. The SMILES string of the molecule is CCCc1nnc(N2CCN(CC(=O)OC)CC2)s1. The number of ether oxygens (including phenoxy) is 1. The Hall–Kier alpha value is -1.21. The fourth-order valence-electron chi connectivity index (χ4n) is 2.03. The minimum Gasteiger partial charge on any atom is -0.468 e. The van der Waals surface area contributed by atoms with Gasteiger partial charge in [0, 0.05) is 32.6 Å². The summed E-state index contributed by atoms with van der Waals surface area (Å²) in [6.07, 6.45) is 2.10. The average molecular weight is 284 g/mol. The van der Waals surface area contributed by atoms with Crippen LogP contribution in [0.4, 0.5) is 5.13 Å². The minimum atomic E-state index is -0.172. The van der Waals surface area contributed by atoms with Gasteiger partial charge in [0.2, 0.25) is 5.13 Å². The Balaban J connectivity index is 1.83. The van der Waals surface area contributed by atoms with Crippen molar-refractivity contribution < 1.29 is 9.53 Å². The van der Waals surface area contributed by atoms with Crippen molar-refractivity contribution in [2.24, 2.45) is 0 Å². The Labute approximate surface area is 117 Å². The average Bonchev–Trinajstić information content (AvgIpc) is 2.88. The molecule has 2 heterocycles. The molecule has 0 spiro atoms. The number of aromatic nitrogens is 2. The zero-order valence-electron chi connectivity index (χ0n) is 11.5. The van der Waals surface area contributed by atoms with Gasteiger partial charge in [-0.25, -0.2) is 0 Å². The van der Waals surface area contributed by atoms with Crippen molar-refractivity contribution in [3.8, 4) is 0 Å². The van der Waals surface area contributed by atoms with E-state index in [-0.39, 0.29) is 5.97 Å². The van der Waals surface area contributed by atoms with Crippen LogP contribution in [0.1, 0.15) is 18.4 Å². The quantitative estimate of drug-likeness (QED) is 0.745. The molecule has 1 saturated heterocycles. The molecule has 0 aliphatic carbocycles. The van der Waals surface area contributed by atoms with Crippen molar-refractivity contribution in [2.45, 2.75) is 19.8 Å². The van der Waals surface area contributed by atoms with Gasteiger partial charge in [0.15, 0.2) is 0 Å². The lowest BCUT2D eigenvalue weighted by Crippen LogP contribution is -2.48. The molecule has 1 aromatic heterocycles. The van der Waals surface area contributed by atoms with Crippen molar-refractivity contribution in [3.05, 3.63) is 5.01 Å². The topological polar surface area (TPSA) is 58.6 Å². The molecule has 2 rings (SSSR count). The van der Waals surface area contributed by atoms with E-state index in [4.69, 9.17) is 0 Å². The number of carbonyl (C=O) groups excluding carboxylic acids is 1. The van der Waals surface area contributed by atoms with Crippen LogP contribution in [0.2, 0.25) is 0 Å². The molecular weight excluding hydrogens is 264 g/mol. The van der Waals surface area contributed by atoms with Gasteiger partial charge in [-0.1, -0.05) is 18.3 Å². The van der Waals surface area contributed by atoms with Crippen molar-refractivity contribution >= 4 is 22.4 Å². The maximum Gasteiger partial charge on any atom is 0.319 e. The number of rotatable bonds is 5. The highest BCUT2D eigenvalue weighted by atomic mass is 32.1. The van der Waals surface area contributed by atoms with E-state index in [0.29, 0.717) is 6.54 Å². The van der Waals surface area contributed by atoms with E-state index in [1.807, 2.05) is 0 Å². The Bertz CT molecular complexity index is 416. The molecule has 106 valence electrons. The van der Waals surface area contributed by atoms with Crippen molar-refractivity contribution in [1.82, 2.24) is 15.1 Å². The first-order valence-electron chi connectivity index (χ1n) is 6.59. The first-order chi connectivity index (χ1) is 9.22. The maximum atomic E-state index is 11.2. The van der Waals surface area contributed by atoms with Crippen LogP contribution in [0, 0.1) is 0 Å². The van der Waals surface area contributed by atoms with Gasteiger partial charge in [-0.3, -0.25) is 9.69 Å². The summed E-state index contributed by atoms with van der Waals surface area (Å²) < 4.78 is 4.68. The summed E-state index contributed by atoms with van der Waals surface area (Å²) in [5.74, 6) is -0.172. The van der Waals surface area contributed by atoms with Gasteiger partial charge in [0.1, 0.15) is 5.01 Å². The molecule has 0 N–H and O–H groups in total. The summed E-state index contributed by atoms with van der Waals surface area (Å²) in [7, 11) is 1.43. The van der Waals surface area contributed by atoms with Gasteiger partial charge in [-0.2, -0.15) is 0 Å². The zero-order valence-corrected chi connectivity index (χ0v) is 12.3. The molecule has 0 atom stereocenters. The Morgan fingerprint density at radius 1 is 1.32 bits per heavy atom. The molecule has 0 bridgehead atoms. The number of piperazine rings is 1. The van der Waals surface area contributed by atoms with Gasteiger partial charge in [0.25, 0.3) is 0 Å². The molecule has 0 radical (unpaired) electrons. The van der Waals surface area contributed by atoms with E-state index in [1.54, 1.807) is 11.3 Å². The second-order valence-electron chi connectivity index (χ2n) is 4.57. The summed E-state index contributed by atoms with van der Waals surface area (Å²) in [6, 6.07) is 0. The molecule has 6 nitrogen and oxygen atoms in total. The second kappa shape index (κ2) is 6.81. The van der Waals surface area contributed by atoms with Gasteiger partial charge >= 0.3 is 5.97 Å². The number of esters is 1. The summed E-state index contributed by atoms with van der Waals surface area (Å²) in [6.45, 7) is 6.01. The predicted molar refractivity (Wildman–Crippen MR) is 74.6 cm³/mol. The van der Waals surface area contributed by atoms with Crippen LogP contribution in [0.5, 0.6) is 0 Å². The fourth-order valence-corrected chi connectivity index (χ4v) is 3.02. The van der Waals surface area contributed by atoms with E-state index >= 15 is 0 Å². The monoisotopic (exact) mass is 284 g/mol. The van der Waals surface area contributed by atoms with E-state index in [0.717, 1.165) is 49.2 Å². The molecule has 1 aliphatic rings. The highest BCUT2D eigenvalue weighted by Gasteiger charge is 2.21. The molecule has 1 fully saturated rings. The Morgan fingerprint density at radius 3 is 2.68 bits per heavy atom. The van der Waals surface area contributed by atoms with E-state index in [1.165, 1.54) is 7.11 Å². The number of methoxy groups -OCH3 is 1. The molecule has 1 aliphatic heterocycles. The molecule has 0 aromatic carbocycles. The van der Waals surface area contributed by atoms with Crippen LogP contribution in [0.3, 0.4) is 0 Å². The van der Waals surface area contributed by atoms with Crippen LogP contribution in [0.15, 0.2) is 0 Å². The summed E-state index contributed by atoms with van der Waals surface area (Å²) in [5, 5.41) is 10.6. The van der Waals surface area contributed by atoms with Crippen LogP contribution in [0.25, 0.3) is 0 Å². The molecule has 1 aromatic rings. The lowest BCUT2D eigenvalue weighted by Gasteiger charge is -2.33. The number of nitrogens with zero attached hydrogens (tertiary/aromatic N) is 4. The molecule has 0 unspecified atom stereocenters. The van der Waals surface area contributed by atoms with Gasteiger partial charge in [-0.05, 0) is 6.42 Å². The largest absolute Gasteiger partial charge is 0.468 e. The summed E-state index contributed by atoms with van der Waals surface area (Å²) >= 11 is 1.68. The lowest BCUT2D eigenvalue weighted by molar-refractivity contribution is -0.142. The van der Waals surface area contributed by atoms with Crippen molar-refractivity contribution in [2.75, 3.05) is 44.7 Å². The van der Waals surface area contributed by atoms with Crippen LogP contribution < -0.4 is 4.90 Å². The maximum absolute atomic E-state index is 11.2. The summed E-state index contributed by atoms with van der Waals surface area (Å²) in [5.41, 5.74) is 0. The Kier molecular flexibility index (Phi) is 5.09. The first-order valence-corrected chi connectivity index (χ1v) is 7.41. The highest BCUT2D eigenvalue weighted by molar-refractivity contribution is 7.15. The standard InChI is InChI=1S/C12H20N4O2S/c1-3-4-10-13-14-12(19-10)16-7-5-15(6-8-16)9-11(17)18-2/h3-9H2,1-2H3. The number of aryl methyl sites for hydroxylation is 1. The van der Waals surface area contributed by atoms with Crippen LogP contribution in [-0.2, 0) is 16.0 Å². The third-order valence-electron chi connectivity index (χ3n) is 3.14. The lowest BCUT2D eigenvalue weighted by atomic mass is 10.3. The molecular formula is C12H20N4O2S. The van der Waals surface area contributed by atoms with Gasteiger partial charge in [0.05, 0.1) is 13.7 Å². The van der Waals surface area contributed by atoms with E-state index < -0.39 is 0 Å². The second-order valence-corrected chi connectivity index (χ2v) is 5.61. The predicted octanol–water partition coefficient (Wildman–Crippen LogP) is 0.786. The van der Waals surface area contributed by atoms with Crippen molar-refractivity contribution in [1.29, 1.82) is 0 Å². The van der Waals surface area contributed by atoms with E-state index in [2.05, 4.69) is 31.7 Å². The Morgan fingerprint density at radius 2 is 2.05 bits per heavy atom. The number of carbonyl (C=O) groups is 1. The van der Waals surface area contributed by atoms with Crippen molar-refractivity contribution in [3.63, 3.8) is 0 Å². The van der Waals surface area contributed by atoms with Gasteiger partial charge in [-0.15, -0.1) is 10.2 Å². The molecule has 0 saturated carbocycles. The third kappa shape index (κ3) is 3.87. The smallest absolute Gasteiger partial charge is 0.319 e. The first kappa shape index (κ1) is 14.2. The number of anilines is 1. The number of hydrogen-bond acceptors (Lipinski definition) is 7. The third-order valence-corrected chi connectivity index (χ3v) is 4.19. The molecule has 0 amide bonds. The minimum absolute atomic E-state index is 0.172. The van der Waals surface area contributed by atoms with Crippen LogP contribution >= 0.6 is 11.3 Å². The fraction of sp³-hybridized carbons (Fsp3) is 0.750. The number of hydrogen-bond donors (Lipinski definition) is 0. The zero-order chi connectivity index (χ0) is 13.7. The normalized spacial score (nSPS) is 16.6. The molecule has 19 heavy (non-hydrogen) atoms. The van der Waals surface area contributed by atoms with Crippen LogP contribution in [-0.4, -0.2) is 60.9 Å². The highest BCUT2D eigenvalue weighted by Crippen LogP contribution is 2.22. The van der Waals surface area contributed by atoms with Gasteiger partial charge < -0.3 is 9.64 Å². The van der Waals surface area contributed by atoms with E-state index in [9.17, 15) is 4.79 Å². The summed E-state index contributed by atoms with van der Waals surface area (Å²) in [4.78, 5) is 15.6.